The number of hydrogen-bond donors (Lipinski definition) is 0. The second-order valence-electron chi connectivity index (χ2n) is 2.42. The highest BCUT2D eigenvalue weighted by molar-refractivity contribution is 5.19. The van der Waals surface area contributed by atoms with Crippen LogP contribution in [0, 0.1) is 6.07 Å². The summed E-state index contributed by atoms with van der Waals surface area (Å²) in [7, 11) is 1.64. The average molecular weight is 165 g/mol. The zero-order valence-electron chi connectivity index (χ0n) is 7.41. The zero-order chi connectivity index (χ0) is 8.81. The molecule has 65 valence electrons. The largest absolute Gasteiger partial charge is 0.464 e. The van der Waals surface area contributed by atoms with Crippen LogP contribution in [-0.4, -0.2) is 13.4 Å². The maximum absolute atomic E-state index is 5.44. The first kappa shape index (κ1) is 9.07. The highest BCUT2D eigenvalue weighted by atomic mass is 16.7. The molecule has 1 atom stereocenters. The molecule has 0 spiro atoms. The van der Waals surface area contributed by atoms with Crippen LogP contribution in [0.5, 0.6) is 5.75 Å². The number of methoxy groups -OCH3 is 1. The Labute approximate surface area is 73.1 Å². The molecule has 0 saturated carbocycles. The van der Waals surface area contributed by atoms with E-state index in [4.69, 9.17) is 9.47 Å². The highest BCUT2D eigenvalue weighted by Crippen LogP contribution is 2.11. The Kier molecular flexibility index (Phi) is 3.61. The number of rotatable bonds is 4. The van der Waals surface area contributed by atoms with Crippen molar-refractivity contribution in [3.05, 3.63) is 30.3 Å². The quantitative estimate of drug-likeness (QED) is 0.637. The van der Waals surface area contributed by atoms with E-state index in [1.165, 1.54) is 0 Å². The maximum atomic E-state index is 5.44. The van der Waals surface area contributed by atoms with Crippen molar-refractivity contribution in [1.82, 2.24) is 0 Å². The molecule has 2 heteroatoms. The van der Waals surface area contributed by atoms with E-state index in [2.05, 4.69) is 6.07 Å². The summed E-state index contributed by atoms with van der Waals surface area (Å²) in [6.07, 6.45) is 0.669. The van der Waals surface area contributed by atoms with E-state index >= 15 is 0 Å². The molecule has 1 rings (SSSR count). The van der Waals surface area contributed by atoms with Crippen molar-refractivity contribution in [2.75, 3.05) is 7.11 Å². The first-order chi connectivity index (χ1) is 5.86. The monoisotopic (exact) mass is 165 g/mol. The fourth-order valence-electron chi connectivity index (χ4n) is 0.890. The third-order valence-electron chi connectivity index (χ3n) is 1.54. The predicted octanol–water partition coefficient (Wildman–Crippen LogP) is 2.25. The Hall–Kier alpha value is -1.02. The van der Waals surface area contributed by atoms with Gasteiger partial charge in [-0.25, -0.2) is 0 Å². The Morgan fingerprint density at radius 2 is 2.33 bits per heavy atom. The smallest absolute Gasteiger partial charge is 0.199 e. The van der Waals surface area contributed by atoms with E-state index < -0.39 is 0 Å². The van der Waals surface area contributed by atoms with Crippen LogP contribution in [0.15, 0.2) is 24.3 Å². The van der Waals surface area contributed by atoms with Crippen molar-refractivity contribution in [2.24, 2.45) is 0 Å². The molecule has 0 N–H and O–H groups in total. The van der Waals surface area contributed by atoms with E-state index in [0.717, 1.165) is 12.2 Å². The molecule has 0 bridgehead atoms. The molecular formula is C10H13O2. The van der Waals surface area contributed by atoms with Crippen molar-refractivity contribution in [2.45, 2.75) is 19.6 Å². The van der Waals surface area contributed by atoms with Gasteiger partial charge in [-0.3, -0.25) is 0 Å². The van der Waals surface area contributed by atoms with Gasteiger partial charge in [0, 0.05) is 19.6 Å². The molecule has 0 saturated heterocycles. The normalized spacial score (nSPS) is 12.5. The minimum atomic E-state index is -0.163. The molecule has 0 aliphatic rings. The molecule has 12 heavy (non-hydrogen) atoms. The fourth-order valence-corrected chi connectivity index (χ4v) is 0.890. The summed E-state index contributed by atoms with van der Waals surface area (Å²) in [5.74, 6) is 0.728. The molecule has 1 unspecified atom stereocenters. The Morgan fingerprint density at radius 3 is 2.83 bits per heavy atom. The van der Waals surface area contributed by atoms with Crippen LogP contribution < -0.4 is 4.74 Å². The second kappa shape index (κ2) is 4.78. The van der Waals surface area contributed by atoms with Gasteiger partial charge in [0.15, 0.2) is 6.29 Å². The van der Waals surface area contributed by atoms with E-state index in [0.29, 0.717) is 0 Å². The van der Waals surface area contributed by atoms with Crippen LogP contribution in [0.3, 0.4) is 0 Å². The van der Waals surface area contributed by atoms with E-state index in [-0.39, 0.29) is 6.29 Å². The van der Waals surface area contributed by atoms with Gasteiger partial charge in [-0.1, -0.05) is 25.1 Å². The first-order valence-corrected chi connectivity index (χ1v) is 4.03. The van der Waals surface area contributed by atoms with Crippen LogP contribution in [-0.2, 0) is 4.74 Å². The lowest BCUT2D eigenvalue weighted by atomic mass is 10.3. The van der Waals surface area contributed by atoms with Gasteiger partial charge in [-0.2, -0.15) is 0 Å². The lowest BCUT2D eigenvalue weighted by molar-refractivity contribution is -0.0549. The lowest BCUT2D eigenvalue weighted by Gasteiger charge is -2.14. The summed E-state index contributed by atoms with van der Waals surface area (Å²) < 4.78 is 10.5. The van der Waals surface area contributed by atoms with Crippen LogP contribution in [0.2, 0.25) is 0 Å². The van der Waals surface area contributed by atoms with E-state index in [9.17, 15) is 0 Å². The zero-order valence-corrected chi connectivity index (χ0v) is 7.41. The first-order valence-electron chi connectivity index (χ1n) is 4.03. The molecule has 1 aromatic carbocycles. The van der Waals surface area contributed by atoms with Crippen LogP contribution in [0.25, 0.3) is 0 Å². The minimum Gasteiger partial charge on any atom is -0.464 e. The minimum absolute atomic E-state index is 0.163. The third-order valence-corrected chi connectivity index (χ3v) is 1.54. The Morgan fingerprint density at radius 1 is 1.50 bits per heavy atom. The predicted molar refractivity (Wildman–Crippen MR) is 47.0 cm³/mol. The van der Waals surface area contributed by atoms with Crippen molar-refractivity contribution in [3.63, 3.8) is 0 Å². The van der Waals surface area contributed by atoms with Crippen molar-refractivity contribution >= 4 is 0 Å². The number of ether oxygens (including phenoxy) is 2. The molecule has 1 aromatic rings. The molecule has 0 aliphatic carbocycles. The molecule has 0 fully saturated rings. The summed E-state index contributed by atoms with van der Waals surface area (Å²) in [5, 5.41) is 0. The van der Waals surface area contributed by atoms with Gasteiger partial charge in [-0.05, 0) is 6.07 Å². The number of hydrogen-bond acceptors (Lipinski definition) is 2. The average Bonchev–Trinajstić information content (AvgIpc) is 2.16. The van der Waals surface area contributed by atoms with Gasteiger partial charge in [0.2, 0.25) is 0 Å². The molecule has 0 amide bonds. The Balaban J connectivity index is 2.51. The highest BCUT2D eigenvalue weighted by Gasteiger charge is 2.04. The lowest BCUT2D eigenvalue weighted by Crippen LogP contribution is -2.17. The van der Waals surface area contributed by atoms with Crippen LogP contribution in [0.1, 0.15) is 13.3 Å². The summed E-state index contributed by atoms with van der Waals surface area (Å²) in [6.45, 7) is 2.01. The van der Waals surface area contributed by atoms with Gasteiger partial charge in [0.05, 0.1) is 0 Å². The SMILES string of the molecule is CCC(OC)Oc1[c]cccc1. The van der Waals surface area contributed by atoms with Gasteiger partial charge >= 0.3 is 0 Å². The number of benzene rings is 1. The topological polar surface area (TPSA) is 18.5 Å². The Bertz CT molecular complexity index is 204. The number of para-hydroxylation sites is 1. The standard InChI is InChI=1S/C10H13O2/c1-3-10(11-2)12-9-7-5-4-6-8-9/h4-7,10H,3H2,1-2H3. The summed E-state index contributed by atoms with van der Waals surface area (Å²) in [6, 6.07) is 10.5. The molecule has 0 heterocycles. The molecule has 0 aromatic heterocycles. The van der Waals surface area contributed by atoms with Crippen LogP contribution in [0.4, 0.5) is 0 Å². The molecule has 2 nitrogen and oxygen atoms in total. The summed E-state index contributed by atoms with van der Waals surface area (Å²) in [4.78, 5) is 0. The van der Waals surface area contributed by atoms with Gasteiger partial charge < -0.3 is 9.47 Å². The molecule has 0 aliphatic heterocycles. The maximum Gasteiger partial charge on any atom is 0.199 e. The van der Waals surface area contributed by atoms with Crippen molar-refractivity contribution < 1.29 is 9.47 Å². The summed E-state index contributed by atoms with van der Waals surface area (Å²) >= 11 is 0. The van der Waals surface area contributed by atoms with Crippen molar-refractivity contribution in [3.8, 4) is 5.75 Å². The third kappa shape index (κ3) is 2.55. The van der Waals surface area contributed by atoms with Crippen molar-refractivity contribution in [1.29, 1.82) is 0 Å². The van der Waals surface area contributed by atoms with Gasteiger partial charge in [-0.15, -0.1) is 0 Å². The molecule has 1 radical (unpaired) electrons. The fraction of sp³-hybridized carbons (Fsp3) is 0.400. The molecular weight excluding hydrogens is 152 g/mol. The van der Waals surface area contributed by atoms with Gasteiger partial charge in [0.25, 0.3) is 0 Å². The van der Waals surface area contributed by atoms with Gasteiger partial charge in [0.1, 0.15) is 5.75 Å². The van der Waals surface area contributed by atoms with Crippen LogP contribution >= 0.6 is 0 Å². The van der Waals surface area contributed by atoms with E-state index in [1.54, 1.807) is 7.11 Å². The second-order valence-corrected chi connectivity index (χ2v) is 2.42. The summed E-state index contributed by atoms with van der Waals surface area (Å²) in [5.41, 5.74) is 0. The van der Waals surface area contributed by atoms with E-state index in [1.807, 2.05) is 31.2 Å².